The Morgan fingerprint density at radius 2 is 1.92 bits per heavy atom. The Balaban J connectivity index is 2.03. The van der Waals surface area contributed by atoms with Gasteiger partial charge in [-0.2, -0.15) is 0 Å². The fourth-order valence-electron chi connectivity index (χ4n) is 2.29. The summed E-state index contributed by atoms with van der Waals surface area (Å²) in [6, 6.07) is 12.6. The zero-order valence-electron chi connectivity index (χ0n) is 13.9. The summed E-state index contributed by atoms with van der Waals surface area (Å²) in [5.41, 5.74) is 7.14. The number of benzene rings is 1. The molecular formula is C18H20N4O3. The third-order valence-electron chi connectivity index (χ3n) is 3.50. The summed E-state index contributed by atoms with van der Waals surface area (Å²) in [6.07, 6.45) is 1.13. The van der Waals surface area contributed by atoms with E-state index in [1.807, 2.05) is 31.2 Å². The van der Waals surface area contributed by atoms with Crippen LogP contribution in [0, 0.1) is 12.8 Å². The van der Waals surface area contributed by atoms with Gasteiger partial charge in [-0.25, -0.2) is 4.98 Å². The molecule has 0 radical (unpaired) electrons. The summed E-state index contributed by atoms with van der Waals surface area (Å²) in [5.74, 6) is -2.84. The number of aromatic nitrogens is 1. The molecule has 2 aromatic rings. The summed E-state index contributed by atoms with van der Waals surface area (Å²) in [5, 5.41) is 5.19. The molecule has 0 aliphatic heterocycles. The van der Waals surface area contributed by atoms with Crippen molar-refractivity contribution in [2.24, 2.45) is 11.7 Å². The standard InChI is InChI=1S/C18H20N4O3/c1-12-5-4-6-13(9-12)11-21-17(24)14(10-15(19)23)18(25)22-16-7-2-3-8-20-16/h2-9,14H,10-11H2,1H3,(H2,19,23)(H,21,24)(H,20,22,25). The average Bonchev–Trinajstić information content (AvgIpc) is 2.58. The SMILES string of the molecule is Cc1cccc(CNC(=O)C(CC(N)=O)C(=O)Nc2ccccn2)c1. The van der Waals surface area contributed by atoms with Crippen LogP contribution in [0.2, 0.25) is 0 Å². The topological polar surface area (TPSA) is 114 Å². The van der Waals surface area contributed by atoms with E-state index < -0.39 is 23.6 Å². The van der Waals surface area contributed by atoms with Crippen LogP contribution in [0.1, 0.15) is 17.5 Å². The highest BCUT2D eigenvalue weighted by Gasteiger charge is 2.28. The van der Waals surface area contributed by atoms with E-state index in [2.05, 4.69) is 15.6 Å². The van der Waals surface area contributed by atoms with E-state index in [0.29, 0.717) is 5.82 Å². The molecule has 0 aliphatic rings. The molecule has 2 rings (SSSR count). The third-order valence-corrected chi connectivity index (χ3v) is 3.50. The molecule has 7 heteroatoms. The molecule has 130 valence electrons. The van der Waals surface area contributed by atoms with E-state index in [1.54, 1.807) is 18.2 Å². The maximum absolute atomic E-state index is 12.4. The molecule has 1 heterocycles. The van der Waals surface area contributed by atoms with Crippen LogP contribution in [0.5, 0.6) is 0 Å². The number of nitrogens with two attached hydrogens (primary N) is 1. The van der Waals surface area contributed by atoms with E-state index in [-0.39, 0.29) is 13.0 Å². The Morgan fingerprint density at radius 1 is 1.12 bits per heavy atom. The Bertz CT molecular complexity index is 762. The number of carbonyl (C=O) groups is 3. The van der Waals surface area contributed by atoms with E-state index in [1.165, 1.54) is 6.20 Å². The summed E-state index contributed by atoms with van der Waals surface area (Å²) < 4.78 is 0. The van der Waals surface area contributed by atoms with Crippen molar-refractivity contribution in [1.82, 2.24) is 10.3 Å². The highest BCUT2D eigenvalue weighted by Crippen LogP contribution is 2.10. The molecule has 0 saturated heterocycles. The van der Waals surface area contributed by atoms with Gasteiger partial charge in [0.2, 0.25) is 17.7 Å². The minimum atomic E-state index is -1.22. The molecular weight excluding hydrogens is 320 g/mol. The predicted molar refractivity (Wildman–Crippen MR) is 93.2 cm³/mol. The summed E-state index contributed by atoms with van der Waals surface area (Å²) in [6.45, 7) is 2.20. The summed E-state index contributed by atoms with van der Waals surface area (Å²) in [4.78, 5) is 39.9. The minimum Gasteiger partial charge on any atom is -0.370 e. The zero-order valence-corrected chi connectivity index (χ0v) is 13.9. The first-order valence-corrected chi connectivity index (χ1v) is 7.79. The van der Waals surface area contributed by atoms with E-state index in [0.717, 1.165) is 11.1 Å². The first-order chi connectivity index (χ1) is 12.0. The molecule has 7 nitrogen and oxygen atoms in total. The molecule has 4 N–H and O–H groups in total. The van der Waals surface area contributed by atoms with Crippen molar-refractivity contribution in [3.05, 3.63) is 59.8 Å². The fraction of sp³-hybridized carbons (Fsp3) is 0.222. The Morgan fingerprint density at radius 3 is 2.56 bits per heavy atom. The number of primary amides is 1. The molecule has 0 bridgehead atoms. The van der Waals surface area contributed by atoms with Gasteiger partial charge in [0.25, 0.3) is 0 Å². The second kappa shape index (κ2) is 8.58. The van der Waals surface area contributed by atoms with Gasteiger partial charge in [0.05, 0.1) is 0 Å². The average molecular weight is 340 g/mol. The van der Waals surface area contributed by atoms with Gasteiger partial charge < -0.3 is 16.4 Å². The van der Waals surface area contributed by atoms with Gasteiger partial charge in [0.15, 0.2) is 0 Å². The van der Waals surface area contributed by atoms with Gasteiger partial charge in [-0.15, -0.1) is 0 Å². The van der Waals surface area contributed by atoms with E-state index in [9.17, 15) is 14.4 Å². The van der Waals surface area contributed by atoms with Gasteiger partial charge in [-0.05, 0) is 24.6 Å². The highest BCUT2D eigenvalue weighted by molar-refractivity contribution is 6.08. The molecule has 0 fully saturated rings. The molecule has 0 aliphatic carbocycles. The van der Waals surface area contributed by atoms with Crippen LogP contribution >= 0.6 is 0 Å². The van der Waals surface area contributed by atoms with Crippen molar-refractivity contribution in [2.45, 2.75) is 19.9 Å². The molecule has 0 spiro atoms. The van der Waals surface area contributed by atoms with Crippen LogP contribution < -0.4 is 16.4 Å². The number of rotatable bonds is 7. The van der Waals surface area contributed by atoms with Crippen molar-refractivity contribution in [1.29, 1.82) is 0 Å². The number of hydrogen-bond acceptors (Lipinski definition) is 4. The lowest BCUT2D eigenvalue weighted by molar-refractivity contribution is -0.136. The van der Waals surface area contributed by atoms with Gasteiger partial charge in [-0.3, -0.25) is 14.4 Å². The fourth-order valence-corrected chi connectivity index (χ4v) is 2.29. The van der Waals surface area contributed by atoms with E-state index >= 15 is 0 Å². The van der Waals surface area contributed by atoms with Crippen molar-refractivity contribution >= 4 is 23.5 Å². The third kappa shape index (κ3) is 5.72. The molecule has 1 aromatic heterocycles. The second-order valence-corrected chi connectivity index (χ2v) is 5.63. The van der Waals surface area contributed by atoms with Crippen LogP contribution in [0.3, 0.4) is 0 Å². The Labute approximate surface area is 145 Å². The molecule has 1 unspecified atom stereocenters. The number of nitrogens with zero attached hydrogens (tertiary/aromatic N) is 1. The first kappa shape index (κ1) is 18.1. The number of anilines is 1. The molecule has 1 aromatic carbocycles. The number of nitrogens with one attached hydrogen (secondary N) is 2. The maximum Gasteiger partial charge on any atom is 0.238 e. The predicted octanol–water partition coefficient (Wildman–Crippen LogP) is 1.14. The second-order valence-electron chi connectivity index (χ2n) is 5.63. The lowest BCUT2D eigenvalue weighted by atomic mass is 10.0. The normalized spacial score (nSPS) is 11.4. The van der Waals surface area contributed by atoms with Crippen LogP contribution in [-0.2, 0) is 20.9 Å². The van der Waals surface area contributed by atoms with Crippen LogP contribution in [-0.4, -0.2) is 22.7 Å². The smallest absolute Gasteiger partial charge is 0.238 e. The molecule has 3 amide bonds. The molecule has 0 saturated carbocycles. The number of pyridine rings is 1. The first-order valence-electron chi connectivity index (χ1n) is 7.79. The number of aryl methyl sites for hydroxylation is 1. The van der Waals surface area contributed by atoms with Crippen molar-refractivity contribution in [3.8, 4) is 0 Å². The number of hydrogen-bond donors (Lipinski definition) is 3. The number of amides is 3. The maximum atomic E-state index is 12.4. The van der Waals surface area contributed by atoms with Crippen LogP contribution in [0.25, 0.3) is 0 Å². The van der Waals surface area contributed by atoms with Gasteiger partial charge in [-0.1, -0.05) is 35.9 Å². The monoisotopic (exact) mass is 340 g/mol. The van der Waals surface area contributed by atoms with Crippen LogP contribution in [0.4, 0.5) is 5.82 Å². The number of carbonyl (C=O) groups excluding carboxylic acids is 3. The minimum absolute atomic E-state index is 0.257. The van der Waals surface area contributed by atoms with Gasteiger partial charge in [0.1, 0.15) is 11.7 Å². The quantitative estimate of drug-likeness (QED) is 0.656. The lowest BCUT2D eigenvalue weighted by Crippen LogP contribution is -2.40. The van der Waals surface area contributed by atoms with E-state index in [4.69, 9.17) is 5.73 Å². The zero-order chi connectivity index (χ0) is 18.2. The Kier molecular flexibility index (Phi) is 6.22. The van der Waals surface area contributed by atoms with Crippen LogP contribution in [0.15, 0.2) is 48.7 Å². The lowest BCUT2D eigenvalue weighted by Gasteiger charge is -2.15. The summed E-state index contributed by atoms with van der Waals surface area (Å²) in [7, 11) is 0. The molecule has 25 heavy (non-hydrogen) atoms. The van der Waals surface area contributed by atoms with Crippen molar-refractivity contribution < 1.29 is 14.4 Å². The molecule has 1 atom stereocenters. The van der Waals surface area contributed by atoms with Crippen molar-refractivity contribution in [3.63, 3.8) is 0 Å². The highest BCUT2D eigenvalue weighted by atomic mass is 16.2. The summed E-state index contributed by atoms with van der Waals surface area (Å²) >= 11 is 0. The Hall–Kier alpha value is -3.22. The largest absolute Gasteiger partial charge is 0.370 e. The van der Waals surface area contributed by atoms with Crippen molar-refractivity contribution in [2.75, 3.05) is 5.32 Å². The van der Waals surface area contributed by atoms with Gasteiger partial charge in [0, 0.05) is 19.2 Å². The van der Waals surface area contributed by atoms with Gasteiger partial charge >= 0.3 is 0 Å².